The summed E-state index contributed by atoms with van der Waals surface area (Å²) in [5, 5.41) is 4.91. The molecule has 1 amide bonds. The molecular weight excluding hydrogens is 346 g/mol. The van der Waals surface area contributed by atoms with Crippen LogP contribution in [0.2, 0.25) is 0 Å². The molecule has 2 N–H and O–H groups in total. The van der Waals surface area contributed by atoms with Crippen LogP contribution < -0.4 is 10.0 Å². The molecule has 0 fully saturated rings. The summed E-state index contributed by atoms with van der Waals surface area (Å²) in [6.07, 6.45) is 0.814. The first-order chi connectivity index (χ1) is 11.4. The van der Waals surface area contributed by atoms with Gasteiger partial charge < -0.3 is 5.32 Å². The predicted octanol–water partition coefficient (Wildman–Crippen LogP) is 2.65. The molecule has 0 radical (unpaired) electrons. The van der Waals surface area contributed by atoms with Crippen molar-refractivity contribution in [2.24, 2.45) is 5.92 Å². The Labute approximate surface area is 146 Å². The molecule has 2 aromatic rings. The molecule has 0 saturated carbocycles. The van der Waals surface area contributed by atoms with Gasteiger partial charge in [0.05, 0.1) is 10.6 Å². The third-order valence-electron chi connectivity index (χ3n) is 3.14. The summed E-state index contributed by atoms with van der Waals surface area (Å²) in [5.74, 6) is 0.385. The summed E-state index contributed by atoms with van der Waals surface area (Å²) >= 11 is 1.21. The van der Waals surface area contributed by atoms with Gasteiger partial charge in [0, 0.05) is 18.3 Å². The van der Waals surface area contributed by atoms with Gasteiger partial charge in [-0.2, -0.15) is 0 Å². The van der Waals surface area contributed by atoms with Crippen LogP contribution in [-0.2, 0) is 21.2 Å². The van der Waals surface area contributed by atoms with E-state index in [-0.39, 0.29) is 10.8 Å². The van der Waals surface area contributed by atoms with Crippen molar-refractivity contribution in [3.05, 3.63) is 41.4 Å². The van der Waals surface area contributed by atoms with Crippen LogP contribution in [0.1, 0.15) is 26.0 Å². The van der Waals surface area contributed by atoms with Crippen molar-refractivity contribution in [2.75, 3.05) is 11.3 Å². The predicted molar refractivity (Wildman–Crippen MR) is 95.5 cm³/mol. The van der Waals surface area contributed by atoms with Crippen LogP contribution >= 0.6 is 11.3 Å². The number of aryl methyl sites for hydroxylation is 1. The fraction of sp³-hybridized carbons (Fsp3) is 0.375. The average molecular weight is 367 g/mol. The Morgan fingerprint density at radius 3 is 2.62 bits per heavy atom. The van der Waals surface area contributed by atoms with Crippen molar-refractivity contribution in [1.29, 1.82) is 0 Å². The van der Waals surface area contributed by atoms with Gasteiger partial charge in [-0.15, -0.1) is 11.3 Å². The third kappa shape index (κ3) is 5.61. The smallest absolute Gasteiger partial charge is 0.263 e. The summed E-state index contributed by atoms with van der Waals surface area (Å²) in [5.41, 5.74) is 0.699. The zero-order valence-corrected chi connectivity index (χ0v) is 15.3. The lowest BCUT2D eigenvalue weighted by Crippen LogP contribution is -2.27. The normalized spacial score (nSPS) is 11.5. The summed E-state index contributed by atoms with van der Waals surface area (Å²) in [7, 11) is -3.63. The van der Waals surface area contributed by atoms with Crippen LogP contribution in [0, 0.1) is 5.92 Å². The number of sulfonamides is 1. The lowest BCUT2D eigenvalue weighted by molar-refractivity contribution is -0.121. The highest BCUT2D eigenvalue weighted by Gasteiger charge is 2.15. The number of carbonyl (C=O) groups excluding carboxylic acids is 1. The van der Waals surface area contributed by atoms with E-state index in [4.69, 9.17) is 0 Å². The molecule has 0 aliphatic carbocycles. The van der Waals surface area contributed by atoms with E-state index >= 15 is 0 Å². The number of amides is 1. The zero-order chi connectivity index (χ0) is 17.6. The van der Waals surface area contributed by atoms with Gasteiger partial charge in [0.2, 0.25) is 5.91 Å². The summed E-state index contributed by atoms with van der Waals surface area (Å²) in [6, 6.07) is 8.13. The number of thiazole rings is 1. The van der Waals surface area contributed by atoms with Crippen molar-refractivity contribution in [1.82, 2.24) is 10.3 Å². The van der Waals surface area contributed by atoms with E-state index in [1.165, 1.54) is 23.5 Å². The quantitative estimate of drug-likeness (QED) is 0.751. The van der Waals surface area contributed by atoms with Crippen LogP contribution in [0.15, 0.2) is 40.6 Å². The Morgan fingerprint density at radius 1 is 1.25 bits per heavy atom. The monoisotopic (exact) mass is 367 g/mol. The highest BCUT2D eigenvalue weighted by Crippen LogP contribution is 2.20. The van der Waals surface area contributed by atoms with Crippen molar-refractivity contribution >= 4 is 32.4 Å². The maximum Gasteiger partial charge on any atom is 0.263 e. The Hall–Kier alpha value is -1.93. The van der Waals surface area contributed by atoms with E-state index in [0.717, 1.165) is 0 Å². The van der Waals surface area contributed by atoms with Gasteiger partial charge in [-0.3, -0.25) is 9.52 Å². The molecule has 0 unspecified atom stereocenters. The van der Waals surface area contributed by atoms with Crippen LogP contribution in [0.5, 0.6) is 0 Å². The lowest BCUT2D eigenvalue weighted by atomic mass is 10.2. The van der Waals surface area contributed by atoms with Gasteiger partial charge in [0.1, 0.15) is 0 Å². The molecule has 1 aromatic carbocycles. The van der Waals surface area contributed by atoms with E-state index in [1.54, 1.807) is 23.6 Å². The van der Waals surface area contributed by atoms with Gasteiger partial charge >= 0.3 is 0 Å². The van der Waals surface area contributed by atoms with E-state index < -0.39 is 10.0 Å². The summed E-state index contributed by atoms with van der Waals surface area (Å²) in [6.45, 7) is 4.72. The van der Waals surface area contributed by atoms with E-state index in [9.17, 15) is 13.2 Å². The van der Waals surface area contributed by atoms with Crippen molar-refractivity contribution < 1.29 is 13.2 Å². The van der Waals surface area contributed by atoms with E-state index in [1.807, 2.05) is 13.8 Å². The second-order valence-corrected chi connectivity index (χ2v) is 8.30. The molecule has 6 nitrogen and oxygen atoms in total. The molecule has 130 valence electrons. The Balaban J connectivity index is 1.90. The first-order valence-electron chi connectivity index (χ1n) is 7.66. The summed E-state index contributed by atoms with van der Waals surface area (Å²) in [4.78, 5) is 16.1. The number of hydrogen-bond donors (Lipinski definition) is 2. The number of carbonyl (C=O) groups is 1. The second kappa shape index (κ2) is 8.25. The molecule has 0 saturated heterocycles. The summed E-state index contributed by atoms with van der Waals surface area (Å²) < 4.78 is 26.9. The van der Waals surface area contributed by atoms with Crippen molar-refractivity contribution in [3.63, 3.8) is 0 Å². The van der Waals surface area contributed by atoms with E-state index in [2.05, 4.69) is 15.0 Å². The van der Waals surface area contributed by atoms with Crippen LogP contribution in [0.25, 0.3) is 0 Å². The number of anilines is 1. The fourth-order valence-corrected chi connectivity index (χ4v) is 3.91. The molecule has 0 spiro atoms. The molecule has 2 rings (SSSR count). The molecule has 0 bridgehead atoms. The average Bonchev–Trinajstić information content (AvgIpc) is 2.98. The first kappa shape index (κ1) is 18.4. The zero-order valence-electron chi connectivity index (χ0n) is 13.7. The molecule has 0 aliphatic rings. The number of rotatable bonds is 8. The lowest BCUT2D eigenvalue weighted by Gasteiger charge is -2.06. The standard InChI is InChI=1S/C16H21N3O3S2/c1-12(2)10-17-15(20)9-8-13-11-23-16(18-13)19-24(21,22)14-6-4-3-5-7-14/h3-7,11-12H,8-10H2,1-2H3,(H,17,20)(H,18,19). The fourth-order valence-electron chi connectivity index (χ4n) is 1.89. The molecule has 1 aromatic heterocycles. The van der Waals surface area contributed by atoms with Crippen molar-refractivity contribution in [3.8, 4) is 0 Å². The minimum Gasteiger partial charge on any atom is -0.356 e. The first-order valence-corrected chi connectivity index (χ1v) is 10.0. The van der Waals surface area contributed by atoms with Crippen LogP contribution in [0.4, 0.5) is 5.13 Å². The maximum absolute atomic E-state index is 12.2. The number of nitrogens with one attached hydrogen (secondary N) is 2. The number of hydrogen-bond acceptors (Lipinski definition) is 5. The van der Waals surface area contributed by atoms with E-state index in [0.29, 0.717) is 36.1 Å². The Kier molecular flexibility index (Phi) is 6.33. The largest absolute Gasteiger partial charge is 0.356 e. The second-order valence-electron chi connectivity index (χ2n) is 5.76. The molecule has 0 aliphatic heterocycles. The number of nitrogens with zero attached hydrogens (tertiary/aromatic N) is 1. The topological polar surface area (TPSA) is 88.2 Å². The highest BCUT2D eigenvalue weighted by molar-refractivity contribution is 7.93. The van der Waals surface area contributed by atoms with Gasteiger partial charge in [-0.25, -0.2) is 13.4 Å². The van der Waals surface area contributed by atoms with Gasteiger partial charge in [-0.1, -0.05) is 32.0 Å². The minimum atomic E-state index is -3.63. The minimum absolute atomic E-state index is 0.0249. The molecule has 0 atom stereocenters. The number of aromatic nitrogens is 1. The van der Waals surface area contributed by atoms with Crippen LogP contribution in [-0.4, -0.2) is 25.9 Å². The number of benzene rings is 1. The third-order valence-corrected chi connectivity index (χ3v) is 5.43. The van der Waals surface area contributed by atoms with Gasteiger partial charge in [0.15, 0.2) is 5.13 Å². The molecular formula is C16H21N3O3S2. The van der Waals surface area contributed by atoms with Crippen LogP contribution in [0.3, 0.4) is 0 Å². The molecule has 8 heteroatoms. The highest BCUT2D eigenvalue weighted by atomic mass is 32.2. The maximum atomic E-state index is 12.2. The van der Waals surface area contributed by atoms with Gasteiger partial charge in [0.25, 0.3) is 10.0 Å². The Morgan fingerprint density at radius 2 is 1.96 bits per heavy atom. The van der Waals surface area contributed by atoms with Crippen molar-refractivity contribution in [2.45, 2.75) is 31.6 Å². The van der Waals surface area contributed by atoms with Gasteiger partial charge in [-0.05, 0) is 24.5 Å². The molecule has 24 heavy (non-hydrogen) atoms. The molecule has 1 heterocycles. The Bertz CT molecular complexity index is 771. The SMILES string of the molecule is CC(C)CNC(=O)CCc1csc(NS(=O)(=O)c2ccccc2)n1.